The summed E-state index contributed by atoms with van der Waals surface area (Å²) in [4.78, 5) is 14.3. The second-order valence-corrected chi connectivity index (χ2v) is 9.50. The Morgan fingerprint density at radius 2 is 1.74 bits per heavy atom. The highest BCUT2D eigenvalue weighted by molar-refractivity contribution is 7.80. The number of fused-ring (bicyclic) bond motifs is 1. The van der Waals surface area contributed by atoms with Gasteiger partial charge in [0.25, 0.3) is 5.91 Å². The van der Waals surface area contributed by atoms with Crippen molar-refractivity contribution >= 4 is 63.2 Å². The first kappa shape index (κ1) is 25.7. The maximum Gasteiger partial charge on any atom is 0.293 e. The van der Waals surface area contributed by atoms with Crippen LogP contribution in [0.5, 0.6) is 5.75 Å². The molecule has 2 N–H and O–H groups in total. The molecule has 0 fully saturated rings. The molecule has 1 amide bonds. The number of carbonyl (C=O) groups is 1. The Hall–Kier alpha value is -3.92. The summed E-state index contributed by atoms with van der Waals surface area (Å²) in [7, 11) is 0. The number of thiocarbonyl (C=S) groups is 1. The summed E-state index contributed by atoms with van der Waals surface area (Å²) in [6, 6.07) is 19.6. The van der Waals surface area contributed by atoms with E-state index in [0.717, 1.165) is 22.5 Å². The van der Waals surface area contributed by atoms with Gasteiger partial charge in [0.15, 0.2) is 10.9 Å². The number of aryl methyl sites for hydroxylation is 1. The zero-order valence-corrected chi connectivity index (χ0v) is 22.6. The number of ether oxygens (including phenoxy) is 1. The number of nitrogens with zero attached hydrogens (tertiary/aromatic N) is 3. The molecule has 0 aliphatic heterocycles. The zero-order chi connectivity index (χ0) is 26.8. The summed E-state index contributed by atoms with van der Waals surface area (Å²) in [5.41, 5.74) is 4.46. The minimum Gasteiger partial charge on any atom is -0.494 e. The van der Waals surface area contributed by atoms with Crippen molar-refractivity contribution in [3.05, 3.63) is 88.1 Å². The van der Waals surface area contributed by atoms with E-state index >= 15 is 0 Å². The van der Waals surface area contributed by atoms with Crippen LogP contribution in [-0.2, 0) is 0 Å². The van der Waals surface area contributed by atoms with Crippen LogP contribution in [0.1, 0.15) is 23.0 Å². The molecule has 38 heavy (non-hydrogen) atoms. The fourth-order valence-electron chi connectivity index (χ4n) is 3.74. The molecule has 11 heteroatoms. The van der Waals surface area contributed by atoms with Gasteiger partial charge in [-0.2, -0.15) is 4.80 Å². The molecule has 0 atom stereocenters. The van der Waals surface area contributed by atoms with Crippen molar-refractivity contribution in [3.8, 4) is 22.8 Å². The number of hydrogen-bond acceptors (Lipinski definition) is 6. The summed E-state index contributed by atoms with van der Waals surface area (Å²) in [6.07, 6.45) is 0. The Kier molecular flexibility index (Phi) is 7.33. The highest BCUT2D eigenvalue weighted by Crippen LogP contribution is 2.29. The van der Waals surface area contributed by atoms with E-state index in [1.54, 1.807) is 35.1 Å². The van der Waals surface area contributed by atoms with Crippen LogP contribution >= 0.6 is 35.4 Å². The smallest absolute Gasteiger partial charge is 0.293 e. The molecule has 0 spiro atoms. The van der Waals surface area contributed by atoms with E-state index in [4.69, 9.17) is 44.6 Å². The SMILES string of the molecule is CCOc1ccc(-n2nc3cc(C)c(NC(=S)NC(=O)c4ccc(-c5ccc(Cl)c(Cl)c5)o4)cc3n2)cc1. The van der Waals surface area contributed by atoms with Crippen LogP contribution in [0.4, 0.5) is 5.69 Å². The van der Waals surface area contributed by atoms with Crippen LogP contribution in [0.2, 0.25) is 10.0 Å². The second-order valence-electron chi connectivity index (χ2n) is 8.27. The summed E-state index contributed by atoms with van der Waals surface area (Å²) in [6.45, 7) is 4.45. The second kappa shape index (κ2) is 10.8. The number of nitrogens with one attached hydrogen (secondary N) is 2. The van der Waals surface area contributed by atoms with Gasteiger partial charge in [0.1, 0.15) is 22.5 Å². The first-order chi connectivity index (χ1) is 18.3. The molecule has 0 bridgehead atoms. The van der Waals surface area contributed by atoms with Crippen molar-refractivity contribution in [2.75, 3.05) is 11.9 Å². The van der Waals surface area contributed by atoms with Crippen LogP contribution in [-0.4, -0.2) is 32.6 Å². The Morgan fingerprint density at radius 1 is 1.00 bits per heavy atom. The fourth-order valence-corrected chi connectivity index (χ4v) is 4.24. The van der Waals surface area contributed by atoms with Crippen LogP contribution in [0.3, 0.4) is 0 Å². The van der Waals surface area contributed by atoms with Crippen molar-refractivity contribution in [2.45, 2.75) is 13.8 Å². The van der Waals surface area contributed by atoms with Gasteiger partial charge in [-0.25, -0.2) is 0 Å². The fraction of sp³-hybridized carbons (Fsp3) is 0.111. The average Bonchev–Trinajstić information content (AvgIpc) is 3.54. The average molecular weight is 566 g/mol. The van der Waals surface area contributed by atoms with E-state index in [-0.39, 0.29) is 10.9 Å². The number of halogens is 2. The van der Waals surface area contributed by atoms with Gasteiger partial charge >= 0.3 is 0 Å². The number of carbonyl (C=O) groups excluding carboxylic acids is 1. The molecule has 2 heterocycles. The molecule has 0 aliphatic carbocycles. The summed E-state index contributed by atoms with van der Waals surface area (Å²) in [5.74, 6) is 0.866. The lowest BCUT2D eigenvalue weighted by atomic mass is 10.2. The quantitative estimate of drug-likeness (QED) is 0.218. The molecule has 3 aromatic carbocycles. The lowest BCUT2D eigenvalue weighted by Gasteiger charge is -2.11. The number of amides is 1. The number of hydrogen-bond donors (Lipinski definition) is 2. The number of anilines is 1. The van der Waals surface area contributed by atoms with Crippen LogP contribution in [0.25, 0.3) is 28.0 Å². The van der Waals surface area contributed by atoms with E-state index in [1.807, 2.05) is 50.2 Å². The molecule has 0 aliphatic rings. The van der Waals surface area contributed by atoms with Gasteiger partial charge in [-0.3, -0.25) is 10.1 Å². The number of furan rings is 1. The monoisotopic (exact) mass is 565 g/mol. The van der Waals surface area contributed by atoms with Gasteiger partial charge in [-0.05, 0) is 98.4 Å². The third-order valence-corrected chi connectivity index (χ3v) is 6.56. The Bertz CT molecular complexity index is 1660. The molecular weight excluding hydrogens is 545 g/mol. The van der Waals surface area contributed by atoms with Gasteiger partial charge in [-0.15, -0.1) is 10.2 Å². The molecule has 0 radical (unpaired) electrons. The van der Waals surface area contributed by atoms with E-state index in [0.29, 0.717) is 39.2 Å². The van der Waals surface area contributed by atoms with E-state index < -0.39 is 5.91 Å². The molecular formula is C27H21Cl2N5O3S. The Morgan fingerprint density at radius 3 is 2.45 bits per heavy atom. The van der Waals surface area contributed by atoms with Gasteiger partial charge in [-0.1, -0.05) is 23.2 Å². The van der Waals surface area contributed by atoms with E-state index in [9.17, 15) is 4.79 Å². The van der Waals surface area contributed by atoms with Crippen molar-refractivity contribution in [1.29, 1.82) is 0 Å². The van der Waals surface area contributed by atoms with Crippen LogP contribution in [0.15, 0.2) is 71.1 Å². The molecule has 8 nitrogen and oxygen atoms in total. The lowest BCUT2D eigenvalue weighted by molar-refractivity contribution is 0.0951. The molecule has 0 unspecified atom stereocenters. The molecule has 0 saturated heterocycles. The standard InChI is InChI=1S/C27H21Cl2N5O3S/c1-3-36-18-7-5-17(6-8-18)34-32-22-12-15(2)21(14-23(22)33-34)30-27(38)31-26(35)25-11-10-24(37-25)16-4-9-19(28)20(29)13-16/h4-14H,3H2,1-2H3,(H2,30,31,35,38). The molecule has 5 rings (SSSR count). The van der Waals surface area contributed by atoms with Crippen LogP contribution in [0, 0.1) is 6.92 Å². The maximum atomic E-state index is 12.7. The molecule has 0 saturated carbocycles. The van der Waals surface area contributed by atoms with Crippen LogP contribution < -0.4 is 15.4 Å². The minimum absolute atomic E-state index is 0.0979. The highest BCUT2D eigenvalue weighted by atomic mass is 35.5. The maximum absolute atomic E-state index is 12.7. The van der Waals surface area contributed by atoms with E-state index in [2.05, 4.69) is 20.8 Å². The summed E-state index contributed by atoms with van der Waals surface area (Å²) >= 11 is 17.4. The first-order valence-electron chi connectivity index (χ1n) is 11.6. The third-order valence-electron chi connectivity index (χ3n) is 5.61. The Labute approximate surface area is 233 Å². The van der Waals surface area contributed by atoms with E-state index in [1.165, 1.54) is 0 Å². The molecule has 2 aromatic heterocycles. The predicted molar refractivity (Wildman–Crippen MR) is 153 cm³/mol. The highest BCUT2D eigenvalue weighted by Gasteiger charge is 2.16. The topological polar surface area (TPSA) is 94.2 Å². The number of aromatic nitrogens is 3. The lowest BCUT2D eigenvalue weighted by Crippen LogP contribution is -2.34. The van der Waals surface area contributed by atoms with Gasteiger partial charge < -0.3 is 14.5 Å². The van der Waals surface area contributed by atoms with Gasteiger partial charge in [0.05, 0.1) is 22.3 Å². The molecule has 5 aromatic rings. The first-order valence-corrected chi connectivity index (χ1v) is 12.8. The number of rotatable bonds is 6. The van der Waals surface area contributed by atoms with Crippen molar-refractivity contribution in [2.24, 2.45) is 0 Å². The largest absolute Gasteiger partial charge is 0.494 e. The van der Waals surface area contributed by atoms with Crippen molar-refractivity contribution in [1.82, 2.24) is 20.3 Å². The normalized spacial score (nSPS) is 10.9. The number of benzene rings is 3. The summed E-state index contributed by atoms with van der Waals surface area (Å²) < 4.78 is 11.2. The van der Waals surface area contributed by atoms with Gasteiger partial charge in [0.2, 0.25) is 0 Å². The zero-order valence-electron chi connectivity index (χ0n) is 20.3. The Balaban J connectivity index is 1.28. The predicted octanol–water partition coefficient (Wildman–Crippen LogP) is 6.82. The minimum atomic E-state index is -0.492. The molecule has 192 valence electrons. The third kappa shape index (κ3) is 5.50. The van der Waals surface area contributed by atoms with Gasteiger partial charge in [0, 0.05) is 11.3 Å². The van der Waals surface area contributed by atoms with Crippen molar-refractivity contribution < 1.29 is 13.9 Å². The van der Waals surface area contributed by atoms with Crippen molar-refractivity contribution in [3.63, 3.8) is 0 Å². The summed E-state index contributed by atoms with van der Waals surface area (Å²) in [5, 5.41) is 15.8.